The smallest absolute Gasteiger partial charge is 0.414 e. The van der Waals surface area contributed by atoms with Crippen molar-refractivity contribution < 1.29 is 34.1 Å². The van der Waals surface area contributed by atoms with Crippen LogP contribution in [0.25, 0.3) is 0 Å². The maximum Gasteiger partial charge on any atom is 0.414 e. The van der Waals surface area contributed by atoms with Gasteiger partial charge in [0.2, 0.25) is 5.91 Å². The highest BCUT2D eigenvalue weighted by atomic mass is 16.5. The van der Waals surface area contributed by atoms with Gasteiger partial charge in [-0.2, -0.15) is 0 Å². The lowest BCUT2D eigenvalue weighted by atomic mass is 9.94. The van der Waals surface area contributed by atoms with Crippen molar-refractivity contribution in [1.29, 1.82) is 0 Å². The summed E-state index contributed by atoms with van der Waals surface area (Å²) in [5.74, 6) is -1.33. The number of anilines is 1. The van der Waals surface area contributed by atoms with Crippen molar-refractivity contribution in [3.63, 3.8) is 0 Å². The summed E-state index contributed by atoms with van der Waals surface area (Å²) >= 11 is 0. The number of ether oxygens (including phenoxy) is 2. The number of para-hydroxylation sites is 2. The average molecular weight is 528 g/mol. The number of carboxylic acids is 2. The minimum Gasteiger partial charge on any atom is -0.497 e. The summed E-state index contributed by atoms with van der Waals surface area (Å²) in [7, 11) is 1.69. The summed E-state index contributed by atoms with van der Waals surface area (Å²) in [4.78, 5) is 38.2. The third-order valence-electron chi connectivity index (χ3n) is 6.78. The molecule has 206 valence electrons. The summed E-state index contributed by atoms with van der Waals surface area (Å²) in [6.07, 6.45) is 1.89. The molecule has 10 heteroatoms. The molecule has 2 saturated heterocycles. The van der Waals surface area contributed by atoms with Crippen LogP contribution in [0, 0.1) is 5.92 Å². The van der Waals surface area contributed by atoms with E-state index in [-0.39, 0.29) is 5.92 Å². The van der Waals surface area contributed by atoms with E-state index >= 15 is 0 Å². The van der Waals surface area contributed by atoms with Gasteiger partial charge in [-0.1, -0.05) is 24.3 Å². The molecule has 38 heavy (non-hydrogen) atoms. The van der Waals surface area contributed by atoms with E-state index in [1.165, 1.54) is 5.56 Å². The highest BCUT2D eigenvalue weighted by Crippen LogP contribution is 2.29. The topological polar surface area (TPSA) is 120 Å². The van der Waals surface area contributed by atoms with E-state index < -0.39 is 11.9 Å². The Morgan fingerprint density at radius 3 is 2.03 bits per heavy atom. The van der Waals surface area contributed by atoms with E-state index in [4.69, 9.17) is 29.3 Å². The molecule has 2 aromatic rings. The van der Waals surface area contributed by atoms with Crippen LogP contribution in [-0.4, -0.2) is 90.8 Å². The molecule has 2 N–H and O–H groups in total. The minimum absolute atomic E-state index is 0.157. The minimum atomic E-state index is -1.82. The molecule has 0 unspecified atom stereocenters. The lowest BCUT2D eigenvalue weighted by molar-refractivity contribution is -0.159. The van der Waals surface area contributed by atoms with E-state index in [2.05, 4.69) is 39.0 Å². The molecule has 0 bridgehead atoms. The fourth-order valence-electron chi connectivity index (χ4n) is 4.75. The molecule has 0 radical (unpaired) electrons. The lowest BCUT2D eigenvalue weighted by Crippen LogP contribution is -2.51. The predicted octanol–water partition coefficient (Wildman–Crippen LogP) is 2.81. The molecule has 4 rings (SSSR count). The van der Waals surface area contributed by atoms with Crippen LogP contribution in [0.2, 0.25) is 0 Å². The first-order valence-electron chi connectivity index (χ1n) is 12.9. The Labute approximate surface area is 223 Å². The molecule has 2 aliphatic rings. The molecule has 2 fully saturated rings. The first-order valence-corrected chi connectivity index (χ1v) is 12.9. The van der Waals surface area contributed by atoms with Gasteiger partial charge in [-0.25, -0.2) is 9.59 Å². The first kappa shape index (κ1) is 28.8. The van der Waals surface area contributed by atoms with Gasteiger partial charge in [-0.15, -0.1) is 0 Å². The quantitative estimate of drug-likeness (QED) is 0.524. The molecular formula is C28H37N3O7. The molecule has 0 atom stereocenters. The molecule has 1 amide bonds. The number of piperazine rings is 1. The number of likely N-dealkylation sites (tertiary alicyclic amines) is 1. The van der Waals surface area contributed by atoms with E-state index in [9.17, 15) is 4.79 Å². The summed E-state index contributed by atoms with van der Waals surface area (Å²) in [6.45, 7) is 8.83. The van der Waals surface area contributed by atoms with Crippen LogP contribution in [0.1, 0.15) is 25.3 Å². The number of piperidine rings is 1. The van der Waals surface area contributed by atoms with Crippen LogP contribution in [0.4, 0.5) is 5.69 Å². The number of carbonyl (C=O) groups is 3. The fourth-order valence-corrected chi connectivity index (χ4v) is 4.75. The Bertz CT molecular complexity index is 1050. The molecule has 0 spiro atoms. The van der Waals surface area contributed by atoms with E-state index in [1.807, 2.05) is 31.2 Å². The van der Waals surface area contributed by atoms with E-state index in [0.717, 1.165) is 75.8 Å². The van der Waals surface area contributed by atoms with Crippen molar-refractivity contribution in [1.82, 2.24) is 9.80 Å². The van der Waals surface area contributed by atoms with Crippen molar-refractivity contribution in [3.8, 4) is 11.5 Å². The number of carbonyl (C=O) groups excluding carboxylic acids is 1. The van der Waals surface area contributed by atoms with Gasteiger partial charge in [0.1, 0.15) is 11.5 Å². The third kappa shape index (κ3) is 8.11. The molecule has 2 heterocycles. The number of benzene rings is 2. The molecule has 0 aromatic heterocycles. The summed E-state index contributed by atoms with van der Waals surface area (Å²) in [5.41, 5.74) is 2.42. The SMILES string of the molecule is CCOc1ccccc1N1CCN(C(=O)C2CCN(Cc3ccc(OC)cc3)CC2)CC1.O=C(O)C(=O)O. The van der Waals surface area contributed by atoms with Gasteiger partial charge in [-0.3, -0.25) is 9.69 Å². The Morgan fingerprint density at radius 1 is 0.868 bits per heavy atom. The Morgan fingerprint density at radius 2 is 1.47 bits per heavy atom. The van der Waals surface area contributed by atoms with Crippen LogP contribution in [0.5, 0.6) is 11.5 Å². The molecule has 0 aliphatic carbocycles. The van der Waals surface area contributed by atoms with E-state index in [0.29, 0.717) is 12.5 Å². The number of amides is 1. The Balaban J connectivity index is 0.000000599. The zero-order chi connectivity index (χ0) is 27.5. The maximum atomic E-state index is 13.2. The van der Waals surface area contributed by atoms with Crippen LogP contribution < -0.4 is 14.4 Å². The van der Waals surface area contributed by atoms with Gasteiger partial charge in [0.25, 0.3) is 0 Å². The summed E-state index contributed by atoms with van der Waals surface area (Å²) in [5, 5.41) is 14.8. The number of aliphatic carboxylic acids is 2. The number of hydrogen-bond acceptors (Lipinski definition) is 7. The third-order valence-corrected chi connectivity index (χ3v) is 6.78. The average Bonchev–Trinajstić information content (AvgIpc) is 2.94. The number of methoxy groups -OCH3 is 1. The standard InChI is InChI=1S/C26H35N3O3.C2H2O4/c1-3-32-25-7-5-4-6-24(25)28-16-18-29(19-17-28)26(30)22-12-14-27(15-13-22)20-21-8-10-23(31-2)11-9-21;3-1(4)2(5)6/h4-11,22H,3,12-20H2,1-2H3;(H,3,4)(H,5,6). The van der Waals surface area contributed by atoms with Gasteiger partial charge in [0, 0.05) is 38.6 Å². The monoisotopic (exact) mass is 527 g/mol. The van der Waals surface area contributed by atoms with Crippen molar-refractivity contribution in [2.75, 3.05) is 57.9 Å². The Hall–Kier alpha value is -3.79. The summed E-state index contributed by atoms with van der Waals surface area (Å²) < 4.78 is 11.0. The highest BCUT2D eigenvalue weighted by molar-refractivity contribution is 6.27. The molecule has 10 nitrogen and oxygen atoms in total. The van der Waals surface area contributed by atoms with Gasteiger partial charge in [-0.05, 0) is 62.7 Å². The van der Waals surface area contributed by atoms with E-state index in [1.54, 1.807) is 7.11 Å². The van der Waals surface area contributed by atoms with Crippen molar-refractivity contribution in [2.45, 2.75) is 26.3 Å². The van der Waals surface area contributed by atoms with Crippen molar-refractivity contribution >= 4 is 23.5 Å². The van der Waals surface area contributed by atoms with Crippen molar-refractivity contribution in [2.24, 2.45) is 5.92 Å². The maximum absolute atomic E-state index is 13.2. The normalized spacial score (nSPS) is 16.3. The Kier molecular flexibility index (Phi) is 10.8. The number of carboxylic acid groups (broad SMARTS) is 2. The second-order valence-electron chi connectivity index (χ2n) is 9.22. The molecule has 2 aromatic carbocycles. The second-order valence-corrected chi connectivity index (χ2v) is 9.22. The largest absolute Gasteiger partial charge is 0.497 e. The zero-order valence-electron chi connectivity index (χ0n) is 22.0. The van der Waals surface area contributed by atoms with Crippen LogP contribution in [-0.2, 0) is 20.9 Å². The lowest BCUT2D eigenvalue weighted by Gasteiger charge is -2.39. The zero-order valence-corrected chi connectivity index (χ0v) is 22.0. The van der Waals surface area contributed by atoms with Crippen molar-refractivity contribution in [3.05, 3.63) is 54.1 Å². The predicted molar refractivity (Wildman–Crippen MR) is 143 cm³/mol. The second kappa shape index (κ2) is 14.2. The number of hydrogen-bond donors (Lipinski definition) is 2. The van der Waals surface area contributed by atoms with Gasteiger partial charge < -0.3 is 29.5 Å². The summed E-state index contributed by atoms with van der Waals surface area (Å²) in [6, 6.07) is 16.5. The number of rotatable bonds is 7. The van der Waals surface area contributed by atoms with Gasteiger partial charge >= 0.3 is 11.9 Å². The van der Waals surface area contributed by atoms with Crippen LogP contribution in [0.3, 0.4) is 0 Å². The number of nitrogens with zero attached hydrogens (tertiary/aromatic N) is 3. The fraction of sp³-hybridized carbons (Fsp3) is 0.464. The van der Waals surface area contributed by atoms with Gasteiger partial charge in [0.15, 0.2) is 0 Å². The highest BCUT2D eigenvalue weighted by Gasteiger charge is 2.31. The van der Waals surface area contributed by atoms with Gasteiger partial charge in [0.05, 0.1) is 19.4 Å². The molecular weight excluding hydrogens is 490 g/mol. The molecule has 2 aliphatic heterocycles. The van der Waals surface area contributed by atoms with Crippen LogP contribution in [0.15, 0.2) is 48.5 Å². The molecule has 0 saturated carbocycles. The first-order chi connectivity index (χ1) is 18.3. The van der Waals surface area contributed by atoms with Crippen LogP contribution >= 0.6 is 0 Å².